The Balaban J connectivity index is 1.51. The lowest BCUT2D eigenvalue weighted by Gasteiger charge is -2.14. The summed E-state index contributed by atoms with van der Waals surface area (Å²) >= 11 is 1.21. The Morgan fingerprint density at radius 2 is 2.04 bits per heavy atom. The SMILES string of the molecule is CCc1ccc([C@H](C)NC(=O)CSc2nnc(-c3cccnc3)o2)cc1. The molecular weight excluding hydrogens is 348 g/mol. The van der Waals surface area contributed by atoms with E-state index in [4.69, 9.17) is 4.42 Å². The Bertz CT molecular complexity index is 849. The van der Waals surface area contributed by atoms with Crippen LogP contribution < -0.4 is 5.32 Å². The number of amides is 1. The molecule has 3 rings (SSSR count). The molecule has 1 N–H and O–H groups in total. The summed E-state index contributed by atoms with van der Waals surface area (Å²) in [6.07, 6.45) is 4.33. The van der Waals surface area contributed by atoms with Crippen LogP contribution in [0.1, 0.15) is 31.0 Å². The van der Waals surface area contributed by atoms with Crippen LogP contribution in [0.4, 0.5) is 0 Å². The largest absolute Gasteiger partial charge is 0.411 e. The summed E-state index contributed by atoms with van der Waals surface area (Å²) in [6.45, 7) is 4.09. The summed E-state index contributed by atoms with van der Waals surface area (Å²) in [5, 5.41) is 11.3. The molecule has 0 bridgehead atoms. The van der Waals surface area contributed by atoms with Crippen molar-refractivity contribution in [2.75, 3.05) is 5.75 Å². The molecule has 2 aromatic heterocycles. The molecule has 3 aromatic rings. The molecule has 2 heterocycles. The highest BCUT2D eigenvalue weighted by molar-refractivity contribution is 7.99. The Morgan fingerprint density at radius 3 is 2.73 bits per heavy atom. The number of carbonyl (C=O) groups excluding carboxylic acids is 1. The zero-order valence-electron chi connectivity index (χ0n) is 14.7. The van der Waals surface area contributed by atoms with E-state index in [2.05, 4.69) is 51.7 Å². The molecule has 0 saturated heterocycles. The van der Waals surface area contributed by atoms with Gasteiger partial charge in [0, 0.05) is 12.4 Å². The molecule has 0 fully saturated rings. The van der Waals surface area contributed by atoms with Gasteiger partial charge >= 0.3 is 0 Å². The number of benzene rings is 1. The van der Waals surface area contributed by atoms with E-state index >= 15 is 0 Å². The van der Waals surface area contributed by atoms with Crippen molar-refractivity contribution in [3.63, 3.8) is 0 Å². The van der Waals surface area contributed by atoms with Crippen molar-refractivity contribution in [3.8, 4) is 11.5 Å². The first-order valence-electron chi connectivity index (χ1n) is 8.40. The van der Waals surface area contributed by atoms with Crippen molar-refractivity contribution in [1.82, 2.24) is 20.5 Å². The average molecular weight is 368 g/mol. The fourth-order valence-electron chi connectivity index (χ4n) is 2.41. The second kappa shape index (κ2) is 8.62. The number of hydrogen-bond donors (Lipinski definition) is 1. The van der Waals surface area contributed by atoms with Crippen LogP contribution in [-0.4, -0.2) is 26.8 Å². The van der Waals surface area contributed by atoms with Crippen molar-refractivity contribution in [3.05, 3.63) is 59.9 Å². The predicted octanol–water partition coefficient (Wildman–Crippen LogP) is 3.66. The zero-order chi connectivity index (χ0) is 18.4. The van der Waals surface area contributed by atoms with Crippen molar-refractivity contribution in [2.45, 2.75) is 31.5 Å². The van der Waals surface area contributed by atoms with Crippen LogP contribution in [0.3, 0.4) is 0 Å². The monoisotopic (exact) mass is 368 g/mol. The van der Waals surface area contributed by atoms with Gasteiger partial charge in [0.05, 0.1) is 17.4 Å². The maximum Gasteiger partial charge on any atom is 0.277 e. The normalized spacial score (nSPS) is 11.9. The Hall–Kier alpha value is -2.67. The summed E-state index contributed by atoms with van der Waals surface area (Å²) in [5.41, 5.74) is 3.11. The molecule has 6 nitrogen and oxygen atoms in total. The van der Waals surface area contributed by atoms with E-state index in [0.29, 0.717) is 11.1 Å². The average Bonchev–Trinajstić information content (AvgIpc) is 3.16. The van der Waals surface area contributed by atoms with Gasteiger partial charge in [0.2, 0.25) is 11.8 Å². The highest BCUT2D eigenvalue weighted by atomic mass is 32.2. The number of pyridine rings is 1. The second-order valence-corrected chi connectivity index (χ2v) is 6.71. The molecule has 1 amide bonds. The van der Waals surface area contributed by atoms with Crippen LogP contribution in [0.5, 0.6) is 0 Å². The Labute approximate surface area is 156 Å². The summed E-state index contributed by atoms with van der Waals surface area (Å²) in [5.74, 6) is 0.528. The standard InChI is InChI=1S/C19H20N4O2S/c1-3-14-6-8-15(9-7-14)13(2)21-17(24)12-26-19-23-22-18(25-19)16-5-4-10-20-11-16/h4-11,13H,3,12H2,1-2H3,(H,21,24)/t13-/m0/s1. The first-order chi connectivity index (χ1) is 12.7. The fourth-order valence-corrected chi connectivity index (χ4v) is 2.98. The zero-order valence-corrected chi connectivity index (χ0v) is 15.5. The van der Waals surface area contributed by atoms with Crippen LogP contribution in [-0.2, 0) is 11.2 Å². The van der Waals surface area contributed by atoms with Gasteiger partial charge in [-0.2, -0.15) is 0 Å². The van der Waals surface area contributed by atoms with Crippen LogP contribution >= 0.6 is 11.8 Å². The van der Waals surface area contributed by atoms with E-state index < -0.39 is 0 Å². The van der Waals surface area contributed by atoms with Crippen molar-refractivity contribution in [2.24, 2.45) is 0 Å². The number of aryl methyl sites for hydroxylation is 1. The summed E-state index contributed by atoms with van der Waals surface area (Å²) in [4.78, 5) is 16.2. The minimum absolute atomic E-state index is 0.0531. The van der Waals surface area contributed by atoms with Crippen LogP contribution in [0.25, 0.3) is 11.5 Å². The smallest absolute Gasteiger partial charge is 0.277 e. The number of nitrogens with zero attached hydrogens (tertiary/aromatic N) is 3. The molecule has 134 valence electrons. The first-order valence-corrected chi connectivity index (χ1v) is 9.39. The van der Waals surface area contributed by atoms with Crippen molar-refractivity contribution >= 4 is 17.7 Å². The minimum atomic E-state index is -0.0804. The predicted molar refractivity (Wildman–Crippen MR) is 101 cm³/mol. The Morgan fingerprint density at radius 1 is 1.23 bits per heavy atom. The van der Waals surface area contributed by atoms with E-state index in [0.717, 1.165) is 17.5 Å². The molecule has 0 aliphatic carbocycles. The van der Waals surface area contributed by atoms with Gasteiger partial charge in [-0.3, -0.25) is 9.78 Å². The molecule has 1 atom stereocenters. The lowest BCUT2D eigenvalue weighted by Crippen LogP contribution is -2.28. The third-order valence-corrected chi connectivity index (χ3v) is 4.73. The maximum atomic E-state index is 12.2. The molecular formula is C19H20N4O2S. The molecule has 0 spiro atoms. The lowest BCUT2D eigenvalue weighted by atomic mass is 10.1. The summed E-state index contributed by atoms with van der Waals surface area (Å²) in [7, 11) is 0. The summed E-state index contributed by atoms with van der Waals surface area (Å²) < 4.78 is 5.56. The van der Waals surface area contributed by atoms with Gasteiger partial charge in [0.25, 0.3) is 5.22 Å². The summed E-state index contributed by atoms with van der Waals surface area (Å²) in [6, 6.07) is 11.9. The van der Waals surface area contributed by atoms with Crippen molar-refractivity contribution in [1.29, 1.82) is 0 Å². The molecule has 0 aliphatic heterocycles. The van der Waals surface area contributed by atoms with Gasteiger partial charge in [-0.05, 0) is 36.6 Å². The van der Waals surface area contributed by atoms with Crippen LogP contribution in [0.2, 0.25) is 0 Å². The van der Waals surface area contributed by atoms with E-state index in [9.17, 15) is 4.79 Å². The number of rotatable bonds is 7. The number of carbonyl (C=O) groups is 1. The Kier molecular flexibility index (Phi) is 6.01. The second-order valence-electron chi connectivity index (χ2n) is 5.79. The number of hydrogen-bond acceptors (Lipinski definition) is 6. The molecule has 7 heteroatoms. The van der Waals surface area contributed by atoms with Crippen LogP contribution in [0.15, 0.2) is 58.4 Å². The molecule has 1 aromatic carbocycles. The van der Waals surface area contributed by atoms with Gasteiger partial charge < -0.3 is 9.73 Å². The van der Waals surface area contributed by atoms with E-state index in [1.165, 1.54) is 17.3 Å². The number of aromatic nitrogens is 3. The number of nitrogens with one attached hydrogen (secondary N) is 1. The molecule has 26 heavy (non-hydrogen) atoms. The van der Waals surface area contributed by atoms with Gasteiger partial charge in [0.1, 0.15) is 0 Å². The van der Waals surface area contributed by atoms with Gasteiger partial charge in [-0.15, -0.1) is 10.2 Å². The first kappa shape index (κ1) is 18.1. The quantitative estimate of drug-likeness (QED) is 0.641. The third-order valence-electron chi connectivity index (χ3n) is 3.91. The van der Waals surface area contributed by atoms with Gasteiger partial charge in [-0.25, -0.2) is 0 Å². The topological polar surface area (TPSA) is 80.9 Å². The molecule has 0 radical (unpaired) electrons. The maximum absolute atomic E-state index is 12.2. The van der Waals surface area contributed by atoms with E-state index in [1.54, 1.807) is 18.5 Å². The third kappa shape index (κ3) is 4.70. The van der Waals surface area contributed by atoms with E-state index in [1.807, 2.05) is 13.0 Å². The molecule has 0 aliphatic rings. The van der Waals surface area contributed by atoms with Gasteiger partial charge in [-0.1, -0.05) is 43.0 Å². The number of thioether (sulfide) groups is 1. The van der Waals surface area contributed by atoms with Crippen molar-refractivity contribution < 1.29 is 9.21 Å². The molecule has 0 unspecified atom stereocenters. The highest BCUT2D eigenvalue weighted by Crippen LogP contribution is 2.22. The fraction of sp³-hybridized carbons (Fsp3) is 0.263. The van der Waals surface area contributed by atoms with E-state index in [-0.39, 0.29) is 17.7 Å². The van der Waals surface area contributed by atoms with Gasteiger partial charge in [0.15, 0.2) is 0 Å². The highest BCUT2D eigenvalue weighted by Gasteiger charge is 2.13. The minimum Gasteiger partial charge on any atom is -0.411 e. The van der Waals surface area contributed by atoms with Crippen LogP contribution in [0, 0.1) is 0 Å². The molecule has 0 saturated carbocycles. The lowest BCUT2D eigenvalue weighted by molar-refractivity contribution is -0.119.